The highest BCUT2D eigenvalue weighted by molar-refractivity contribution is 6.01. The number of allylic oxidation sites excluding steroid dienone is 2. The predicted octanol–water partition coefficient (Wildman–Crippen LogP) is 5.04. The molecule has 2 aromatic rings. The number of hydrogen-bond acceptors (Lipinski definition) is 4. The van der Waals surface area contributed by atoms with Gasteiger partial charge < -0.3 is 5.32 Å². The highest BCUT2D eigenvalue weighted by Gasteiger charge is 2.49. The maximum Gasteiger partial charge on any atom is 0.433 e. The van der Waals surface area contributed by atoms with E-state index in [1.165, 1.54) is 0 Å². The summed E-state index contributed by atoms with van der Waals surface area (Å²) >= 11 is 0. The molecule has 0 amide bonds. The summed E-state index contributed by atoms with van der Waals surface area (Å²) in [5.41, 5.74) is -3.81. The fourth-order valence-electron chi connectivity index (χ4n) is 4.22. The second kappa shape index (κ2) is 6.32. The molecule has 1 unspecified atom stereocenters. The number of anilines is 1. The Kier molecular flexibility index (Phi) is 4.30. The SMILES string of the molecule is CC1(C)CC(=O)C2=C(C1)Nc1n[nH]c(C(F)(F)F)c1C2c1cnccc1C(F)(F)F. The molecule has 30 heavy (non-hydrogen) atoms. The fourth-order valence-corrected chi connectivity index (χ4v) is 4.22. The molecule has 11 heteroatoms. The van der Waals surface area contributed by atoms with Crippen molar-refractivity contribution in [1.82, 2.24) is 15.2 Å². The molecule has 3 heterocycles. The zero-order valence-electron chi connectivity index (χ0n) is 15.8. The first-order valence-electron chi connectivity index (χ1n) is 8.99. The zero-order chi connectivity index (χ0) is 22.1. The van der Waals surface area contributed by atoms with Crippen LogP contribution in [0.15, 0.2) is 29.7 Å². The Morgan fingerprint density at radius 2 is 1.80 bits per heavy atom. The predicted molar refractivity (Wildman–Crippen MR) is 93.3 cm³/mol. The van der Waals surface area contributed by atoms with Gasteiger partial charge in [0.1, 0.15) is 5.69 Å². The molecule has 1 aliphatic heterocycles. The van der Waals surface area contributed by atoms with E-state index >= 15 is 0 Å². The smallest absolute Gasteiger partial charge is 0.342 e. The van der Waals surface area contributed by atoms with Crippen LogP contribution < -0.4 is 5.32 Å². The number of hydrogen-bond donors (Lipinski definition) is 2. The second-order valence-electron chi connectivity index (χ2n) is 8.21. The maximum atomic E-state index is 13.7. The Bertz CT molecular complexity index is 1060. The Morgan fingerprint density at radius 3 is 2.43 bits per heavy atom. The number of pyridine rings is 1. The average molecular weight is 430 g/mol. The summed E-state index contributed by atoms with van der Waals surface area (Å²) in [6.45, 7) is 3.61. The van der Waals surface area contributed by atoms with Gasteiger partial charge in [0.25, 0.3) is 0 Å². The summed E-state index contributed by atoms with van der Waals surface area (Å²) in [5.74, 6) is -2.34. The van der Waals surface area contributed by atoms with Gasteiger partial charge in [0.05, 0.1) is 5.56 Å². The van der Waals surface area contributed by atoms with Gasteiger partial charge in [-0.05, 0) is 23.5 Å². The van der Waals surface area contributed by atoms with Crippen molar-refractivity contribution < 1.29 is 31.1 Å². The summed E-state index contributed by atoms with van der Waals surface area (Å²) in [4.78, 5) is 16.7. The van der Waals surface area contributed by atoms with Gasteiger partial charge in [0.15, 0.2) is 11.6 Å². The third-order valence-electron chi connectivity index (χ3n) is 5.32. The standard InChI is InChI=1S/C19H16F6N4O/c1-17(2)5-10-13(11(30)6-17)12(8-7-26-4-3-9(8)18(20,21)22)14-15(19(23,24)25)28-29-16(14)27-10/h3-4,7,12H,5-6H2,1-2H3,(H2,27,28,29). The minimum Gasteiger partial charge on any atom is -0.342 e. The average Bonchev–Trinajstić information content (AvgIpc) is 3.02. The van der Waals surface area contributed by atoms with E-state index in [1.807, 2.05) is 5.10 Å². The molecule has 0 bridgehead atoms. The molecule has 2 N–H and O–H groups in total. The van der Waals surface area contributed by atoms with Crippen molar-refractivity contribution in [3.8, 4) is 0 Å². The molecule has 1 aliphatic carbocycles. The van der Waals surface area contributed by atoms with Gasteiger partial charge in [0.2, 0.25) is 0 Å². The molecule has 5 nitrogen and oxygen atoms in total. The van der Waals surface area contributed by atoms with Crippen molar-refractivity contribution >= 4 is 11.6 Å². The zero-order valence-corrected chi connectivity index (χ0v) is 15.8. The molecule has 0 spiro atoms. The number of alkyl halides is 6. The molecule has 0 fully saturated rings. The Morgan fingerprint density at radius 1 is 1.10 bits per heavy atom. The number of nitrogens with one attached hydrogen (secondary N) is 2. The molecule has 4 rings (SSSR count). The number of H-pyrrole nitrogens is 1. The van der Waals surface area contributed by atoms with Gasteiger partial charge in [-0.2, -0.15) is 31.4 Å². The third-order valence-corrected chi connectivity index (χ3v) is 5.32. The number of nitrogens with zero attached hydrogens (tertiary/aromatic N) is 2. The quantitative estimate of drug-likeness (QED) is 0.622. The number of carbonyl (C=O) groups is 1. The number of aromatic amines is 1. The lowest BCUT2D eigenvalue weighted by Gasteiger charge is -2.38. The highest BCUT2D eigenvalue weighted by atomic mass is 19.4. The van der Waals surface area contributed by atoms with Gasteiger partial charge in [-0.3, -0.25) is 14.9 Å². The minimum absolute atomic E-state index is 0.000161. The molecule has 2 aromatic heterocycles. The van der Waals surface area contributed by atoms with Crippen LogP contribution in [0.4, 0.5) is 32.2 Å². The molecular weight excluding hydrogens is 414 g/mol. The number of Topliss-reactive ketones (excluding diaryl/α,β-unsaturated/α-hetero) is 1. The monoisotopic (exact) mass is 430 g/mol. The van der Waals surface area contributed by atoms with Crippen molar-refractivity contribution in [3.05, 3.63) is 52.1 Å². The van der Waals surface area contributed by atoms with E-state index < -0.39 is 51.9 Å². The Labute approximate surface area is 166 Å². The van der Waals surface area contributed by atoms with Crippen LogP contribution in [0, 0.1) is 5.41 Å². The summed E-state index contributed by atoms with van der Waals surface area (Å²) < 4.78 is 82.0. The van der Waals surface area contributed by atoms with E-state index in [2.05, 4.69) is 15.4 Å². The number of rotatable bonds is 1. The van der Waals surface area contributed by atoms with Crippen molar-refractivity contribution in [2.75, 3.05) is 5.32 Å². The van der Waals surface area contributed by atoms with Crippen LogP contribution in [-0.2, 0) is 17.1 Å². The van der Waals surface area contributed by atoms with Crippen LogP contribution in [0.2, 0.25) is 0 Å². The molecule has 0 aromatic carbocycles. The largest absolute Gasteiger partial charge is 0.433 e. The van der Waals surface area contributed by atoms with Crippen LogP contribution in [0.25, 0.3) is 0 Å². The summed E-state index contributed by atoms with van der Waals surface area (Å²) in [6, 6.07) is 0.696. The lowest BCUT2D eigenvalue weighted by atomic mass is 9.68. The van der Waals surface area contributed by atoms with Gasteiger partial charge in [-0.25, -0.2) is 0 Å². The van der Waals surface area contributed by atoms with E-state index in [4.69, 9.17) is 0 Å². The van der Waals surface area contributed by atoms with E-state index in [0.29, 0.717) is 6.07 Å². The molecule has 0 saturated heterocycles. The van der Waals surface area contributed by atoms with Crippen LogP contribution in [0.3, 0.4) is 0 Å². The van der Waals surface area contributed by atoms with E-state index in [9.17, 15) is 31.1 Å². The van der Waals surface area contributed by atoms with E-state index in [0.717, 1.165) is 12.4 Å². The Balaban J connectivity index is 2.03. The third kappa shape index (κ3) is 3.25. The van der Waals surface area contributed by atoms with Crippen LogP contribution in [0.5, 0.6) is 0 Å². The maximum absolute atomic E-state index is 13.7. The minimum atomic E-state index is -4.91. The number of aromatic nitrogens is 3. The molecule has 0 radical (unpaired) electrons. The van der Waals surface area contributed by atoms with Gasteiger partial charge in [-0.15, -0.1) is 0 Å². The second-order valence-corrected chi connectivity index (χ2v) is 8.21. The summed E-state index contributed by atoms with van der Waals surface area (Å²) in [5, 5.41) is 8.28. The molecule has 0 saturated carbocycles. The highest BCUT2D eigenvalue weighted by Crippen LogP contribution is 2.52. The number of carbonyl (C=O) groups excluding carboxylic acids is 1. The number of halogens is 6. The van der Waals surface area contributed by atoms with Crippen molar-refractivity contribution in [2.45, 2.75) is 45.0 Å². The fraction of sp³-hybridized carbons (Fsp3) is 0.421. The van der Waals surface area contributed by atoms with Crippen LogP contribution in [-0.4, -0.2) is 21.0 Å². The van der Waals surface area contributed by atoms with Gasteiger partial charge in [-0.1, -0.05) is 13.8 Å². The molecular formula is C19H16F6N4O. The van der Waals surface area contributed by atoms with E-state index in [1.54, 1.807) is 13.8 Å². The normalized spacial score (nSPS) is 21.2. The first kappa shape index (κ1) is 20.4. The van der Waals surface area contributed by atoms with Crippen LogP contribution >= 0.6 is 0 Å². The Hall–Kier alpha value is -2.85. The van der Waals surface area contributed by atoms with Crippen molar-refractivity contribution in [3.63, 3.8) is 0 Å². The molecule has 1 atom stereocenters. The first-order chi connectivity index (χ1) is 13.8. The van der Waals surface area contributed by atoms with Gasteiger partial charge >= 0.3 is 12.4 Å². The molecule has 160 valence electrons. The van der Waals surface area contributed by atoms with Crippen molar-refractivity contribution in [1.29, 1.82) is 0 Å². The lowest BCUT2D eigenvalue weighted by molar-refractivity contribution is -0.142. The number of ketones is 1. The first-order valence-corrected chi connectivity index (χ1v) is 8.99. The van der Waals surface area contributed by atoms with Crippen molar-refractivity contribution in [2.24, 2.45) is 5.41 Å². The van der Waals surface area contributed by atoms with Crippen LogP contribution in [0.1, 0.15) is 55.0 Å². The summed E-state index contributed by atoms with van der Waals surface area (Å²) in [7, 11) is 0. The van der Waals surface area contributed by atoms with Gasteiger partial charge in [0, 0.05) is 41.6 Å². The molecule has 2 aliphatic rings. The lowest BCUT2D eigenvalue weighted by Crippen LogP contribution is -2.35. The summed E-state index contributed by atoms with van der Waals surface area (Å²) in [6.07, 6.45) is -7.69. The van der Waals surface area contributed by atoms with E-state index in [-0.39, 0.29) is 29.9 Å². The number of fused-ring (bicyclic) bond motifs is 1. The topological polar surface area (TPSA) is 70.7 Å².